The number of aromatic amines is 2. The number of fused-ring (bicyclic) bond motifs is 2. The minimum absolute atomic E-state index is 0.00624. The molecular formula is C45H45FN14O3S2. The molecule has 8 aromatic rings. The van der Waals surface area contributed by atoms with Crippen LogP contribution < -0.4 is 15.4 Å². The van der Waals surface area contributed by atoms with Crippen molar-refractivity contribution >= 4 is 44.9 Å². The summed E-state index contributed by atoms with van der Waals surface area (Å²) >= 11 is 1.35. The fourth-order valence-corrected chi connectivity index (χ4v) is 10.4. The minimum atomic E-state index is -4.05. The van der Waals surface area contributed by atoms with Gasteiger partial charge in [0.1, 0.15) is 10.8 Å². The zero-order chi connectivity index (χ0) is 44.8. The third-order valence-electron chi connectivity index (χ3n) is 11.9. The fraction of sp³-hybridized carbons (Fsp3) is 0.289. The quantitative estimate of drug-likeness (QED) is 0.0761. The van der Waals surface area contributed by atoms with Crippen molar-refractivity contribution in [3.63, 3.8) is 0 Å². The number of pyridine rings is 2. The topological polar surface area (TPSA) is 212 Å². The molecular weight excluding hydrogens is 868 g/mol. The fourth-order valence-electron chi connectivity index (χ4n) is 8.72. The van der Waals surface area contributed by atoms with Crippen molar-refractivity contribution in [2.45, 2.75) is 98.2 Å². The number of hydrogen-bond donors (Lipinski definition) is 4. The lowest BCUT2D eigenvalue weighted by molar-refractivity contribution is 0.398. The van der Waals surface area contributed by atoms with E-state index >= 15 is 4.39 Å². The second-order valence-corrected chi connectivity index (χ2v) is 19.2. The number of methoxy groups -OCH3 is 1. The first kappa shape index (κ1) is 42.0. The molecule has 1 atom stereocenters. The Morgan fingerprint density at radius 3 is 2.31 bits per heavy atom. The zero-order valence-corrected chi connectivity index (χ0v) is 37.6. The number of H-pyrrole nitrogens is 2. The number of anilines is 4. The Kier molecular flexibility index (Phi) is 11.1. The summed E-state index contributed by atoms with van der Waals surface area (Å²) in [6.07, 6.45) is 14.4. The number of hydrogen-bond acceptors (Lipinski definition) is 14. The molecule has 65 heavy (non-hydrogen) atoms. The molecule has 17 nitrogen and oxygen atoms in total. The molecule has 0 spiro atoms. The summed E-state index contributed by atoms with van der Waals surface area (Å²) in [6.45, 7) is 5.98. The first-order chi connectivity index (χ1) is 31.5. The molecule has 332 valence electrons. The molecule has 6 heterocycles. The summed E-state index contributed by atoms with van der Waals surface area (Å²) < 4.78 is 51.3. The van der Waals surface area contributed by atoms with Crippen LogP contribution in [0.15, 0.2) is 99.9 Å². The molecule has 2 aliphatic rings. The third-order valence-corrected chi connectivity index (χ3v) is 14.1. The molecule has 0 amide bonds. The van der Waals surface area contributed by atoms with Gasteiger partial charge in [0.05, 0.1) is 24.5 Å². The number of rotatable bonds is 15. The van der Waals surface area contributed by atoms with Crippen LogP contribution in [0.25, 0.3) is 22.3 Å². The Morgan fingerprint density at radius 1 is 0.800 bits per heavy atom. The summed E-state index contributed by atoms with van der Waals surface area (Å²) in [6, 6.07) is 14.7. The SMILES string of the molecule is COc1cc(-c2cc(CC(C)n3ccc(Sc4n[nH]c(Nc5c(-c6ccncc6)cc(F)c6c5CCC6)n4)n3)c3c(c2Nc2n[nH]c(S(=O)(=O)c4ccn(C(C)C)n4)n2)CCC3)ccn1. The first-order valence-corrected chi connectivity index (χ1v) is 23.7. The number of ether oxygens (including phenoxy) is 1. The van der Waals surface area contributed by atoms with Gasteiger partial charge >= 0.3 is 0 Å². The third kappa shape index (κ3) is 8.22. The van der Waals surface area contributed by atoms with Crippen LogP contribution in [0.1, 0.15) is 73.5 Å². The smallest absolute Gasteiger partial charge is 0.260 e. The highest BCUT2D eigenvalue weighted by Gasteiger charge is 2.29. The molecule has 0 radical (unpaired) electrons. The average Bonchev–Trinajstić information content (AvgIpc) is 4.17. The maximum absolute atomic E-state index is 15.2. The van der Waals surface area contributed by atoms with Crippen LogP contribution >= 0.6 is 11.8 Å². The molecule has 0 saturated carbocycles. The lowest BCUT2D eigenvalue weighted by atomic mass is 9.90. The van der Waals surface area contributed by atoms with E-state index in [1.807, 2.05) is 55.1 Å². The summed E-state index contributed by atoms with van der Waals surface area (Å²) in [5.74, 6) is 0.839. The van der Waals surface area contributed by atoms with Gasteiger partial charge in [-0.25, -0.2) is 28.0 Å². The predicted molar refractivity (Wildman–Crippen MR) is 242 cm³/mol. The lowest BCUT2D eigenvalue weighted by Crippen LogP contribution is -2.11. The summed E-state index contributed by atoms with van der Waals surface area (Å²) in [4.78, 5) is 17.6. The Morgan fingerprint density at radius 2 is 1.52 bits per heavy atom. The van der Waals surface area contributed by atoms with Crippen LogP contribution in [0.4, 0.5) is 27.7 Å². The van der Waals surface area contributed by atoms with Gasteiger partial charge in [0.2, 0.25) is 22.9 Å². The molecule has 0 bridgehead atoms. The van der Waals surface area contributed by atoms with Crippen molar-refractivity contribution in [1.82, 2.24) is 59.9 Å². The van der Waals surface area contributed by atoms with E-state index in [0.717, 1.165) is 87.4 Å². The molecule has 0 aliphatic heterocycles. The van der Waals surface area contributed by atoms with Crippen LogP contribution in [0, 0.1) is 5.82 Å². The summed E-state index contributed by atoms with van der Waals surface area (Å²) in [5, 5.41) is 31.2. The second kappa shape index (κ2) is 17.2. The largest absolute Gasteiger partial charge is 0.481 e. The molecule has 0 fully saturated rings. The van der Waals surface area contributed by atoms with Gasteiger partial charge in [-0.15, -0.1) is 10.2 Å². The summed E-state index contributed by atoms with van der Waals surface area (Å²) in [7, 11) is -2.47. The molecule has 2 aromatic carbocycles. The van der Waals surface area contributed by atoms with Crippen molar-refractivity contribution in [3.05, 3.63) is 113 Å². The number of benzene rings is 2. The number of nitrogens with zero attached hydrogens (tertiary/aromatic N) is 10. The van der Waals surface area contributed by atoms with Gasteiger partial charge in [0, 0.05) is 54.2 Å². The number of nitrogens with one attached hydrogen (secondary N) is 4. The molecule has 2 aliphatic carbocycles. The Labute approximate surface area is 378 Å². The van der Waals surface area contributed by atoms with E-state index in [9.17, 15) is 8.42 Å². The monoisotopic (exact) mass is 912 g/mol. The van der Waals surface area contributed by atoms with E-state index < -0.39 is 9.84 Å². The zero-order valence-electron chi connectivity index (χ0n) is 36.0. The Hall–Kier alpha value is -6.93. The molecule has 6 aromatic heterocycles. The van der Waals surface area contributed by atoms with E-state index in [1.165, 1.54) is 29.0 Å². The Bertz CT molecular complexity index is 3160. The van der Waals surface area contributed by atoms with Gasteiger partial charge in [-0.1, -0.05) is 0 Å². The van der Waals surface area contributed by atoms with Gasteiger partial charge < -0.3 is 15.4 Å². The van der Waals surface area contributed by atoms with Crippen molar-refractivity contribution in [3.8, 4) is 28.1 Å². The van der Waals surface area contributed by atoms with Gasteiger partial charge in [-0.2, -0.15) is 20.2 Å². The lowest BCUT2D eigenvalue weighted by Gasteiger charge is -2.21. The molecule has 4 N–H and O–H groups in total. The van der Waals surface area contributed by atoms with E-state index in [0.29, 0.717) is 29.8 Å². The number of halogens is 1. The van der Waals surface area contributed by atoms with Crippen LogP contribution in [0.3, 0.4) is 0 Å². The van der Waals surface area contributed by atoms with Crippen molar-refractivity contribution in [2.75, 3.05) is 17.7 Å². The van der Waals surface area contributed by atoms with E-state index in [-0.39, 0.29) is 34.0 Å². The van der Waals surface area contributed by atoms with Gasteiger partial charge in [-0.05, 0) is 159 Å². The highest BCUT2D eigenvalue weighted by atomic mass is 32.2. The van der Waals surface area contributed by atoms with E-state index in [4.69, 9.17) is 14.8 Å². The minimum Gasteiger partial charge on any atom is -0.481 e. The van der Waals surface area contributed by atoms with Crippen molar-refractivity contribution < 1.29 is 17.5 Å². The van der Waals surface area contributed by atoms with E-state index in [1.54, 1.807) is 42.6 Å². The molecule has 20 heteroatoms. The van der Waals surface area contributed by atoms with Crippen molar-refractivity contribution in [1.29, 1.82) is 0 Å². The summed E-state index contributed by atoms with van der Waals surface area (Å²) in [5.41, 5.74) is 10.2. The highest BCUT2D eigenvalue weighted by molar-refractivity contribution is 7.99. The molecule has 10 rings (SSSR count). The maximum Gasteiger partial charge on any atom is 0.260 e. The number of sulfone groups is 1. The standard InChI is InChI=1S/C45H45FN14O3S2/c1-25(2)59-20-15-39(58-59)65(61,62)45-52-43(54-56-45)50-40-32-9-5-7-30(32)29(22-34(40)28-13-18-48-37(23-28)63-4)21-26(3)60-19-14-38(57-60)64-44-51-42(53-55-44)49-41-33-10-6-8-31(33)36(46)24-35(41)27-11-16-47-17-12-27/h11-20,22-26H,5-10,21H2,1-4H3,(H2,49,51,53,55)(H2,50,52,54,56). The van der Waals surface area contributed by atoms with Crippen LogP contribution in [-0.2, 0) is 41.9 Å². The predicted octanol–water partition coefficient (Wildman–Crippen LogP) is 8.42. The second-order valence-electron chi connectivity index (χ2n) is 16.4. The number of aromatic nitrogens is 12. The van der Waals surface area contributed by atoms with Crippen molar-refractivity contribution in [2.24, 2.45) is 0 Å². The van der Waals surface area contributed by atoms with Crippen LogP contribution in [0.2, 0.25) is 0 Å². The van der Waals surface area contributed by atoms with Crippen LogP contribution in [0.5, 0.6) is 5.88 Å². The maximum atomic E-state index is 15.2. The van der Waals surface area contributed by atoms with Gasteiger partial charge in [0.25, 0.3) is 15.0 Å². The van der Waals surface area contributed by atoms with Gasteiger partial charge in [-0.3, -0.25) is 14.3 Å². The average molecular weight is 913 g/mol. The van der Waals surface area contributed by atoms with Gasteiger partial charge in [0.15, 0.2) is 5.03 Å². The first-order valence-electron chi connectivity index (χ1n) is 21.4. The van der Waals surface area contributed by atoms with Crippen LogP contribution in [-0.4, -0.2) is 75.4 Å². The normalized spacial score (nSPS) is 13.9. The molecule has 0 saturated heterocycles. The highest BCUT2D eigenvalue weighted by Crippen LogP contribution is 2.43. The Balaban J connectivity index is 0.895. The van der Waals surface area contributed by atoms with E-state index in [2.05, 4.69) is 64.1 Å². The molecule has 1 unspecified atom stereocenters.